The summed E-state index contributed by atoms with van der Waals surface area (Å²) in [5.74, 6) is 0.895. The average molecular weight is 312 g/mol. The van der Waals surface area contributed by atoms with E-state index >= 15 is 0 Å². The van der Waals surface area contributed by atoms with Crippen LogP contribution < -0.4 is 10.0 Å². The monoisotopic (exact) mass is 312 g/mol. The molecule has 1 aromatic rings. The van der Waals surface area contributed by atoms with Crippen molar-refractivity contribution in [1.82, 2.24) is 19.6 Å². The summed E-state index contributed by atoms with van der Waals surface area (Å²) in [4.78, 5) is 4.33. The Morgan fingerprint density at radius 3 is 2.95 bits per heavy atom. The molecule has 118 valence electrons. The number of sulfonamides is 1. The molecule has 3 heterocycles. The van der Waals surface area contributed by atoms with Crippen molar-refractivity contribution in [2.24, 2.45) is 5.41 Å². The number of piperidine rings is 1. The van der Waals surface area contributed by atoms with Crippen LogP contribution in [0.5, 0.6) is 0 Å². The van der Waals surface area contributed by atoms with E-state index < -0.39 is 10.0 Å². The molecule has 0 spiro atoms. The van der Waals surface area contributed by atoms with Crippen molar-refractivity contribution in [3.05, 3.63) is 12.0 Å². The van der Waals surface area contributed by atoms with E-state index in [2.05, 4.69) is 28.9 Å². The highest BCUT2D eigenvalue weighted by atomic mass is 32.2. The number of aromatic nitrogens is 2. The first kappa shape index (κ1) is 15.0. The fourth-order valence-corrected chi connectivity index (χ4v) is 4.58. The van der Waals surface area contributed by atoms with E-state index in [9.17, 15) is 8.42 Å². The number of nitrogens with one attached hydrogen (secondary N) is 2. The van der Waals surface area contributed by atoms with Gasteiger partial charge in [-0.2, -0.15) is 0 Å². The van der Waals surface area contributed by atoms with Crippen molar-refractivity contribution >= 4 is 10.0 Å². The van der Waals surface area contributed by atoms with Crippen LogP contribution in [0.3, 0.4) is 0 Å². The second-order valence-electron chi connectivity index (χ2n) is 6.77. The maximum absolute atomic E-state index is 12.6. The molecule has 2 aliphatic heterocycles. The zero-order chi connectivity index (χ0) is 15.1. The molecule has 1 unspecified atom stereocenters. The Morgan fingerprint density at radius 2 is 2.24 bits per heavy atom. The standard InChI is InChI=1S/C14H24N4O2S/c1-14(2)10-15-7-6-11(14)17-21(19,20)13-9-18-8-4-3-5-12(18)16-13/h9,11,15,17H,3-8,10H2,1-2H3. The Kier molecular flexibility index (Phi) is 3.83. The predicted octanol–water partition coefficient (Wildman–Crippen LogP) is 0.886. The van der Waals surface area contributed by atoms with Gasteiger partial charge in [0.25, 0.3) is 10.0 Å². The molecule has 0 amide bonds. The smallest absolute Gasteiger partial charge is 0.259 e. The molecule has 0 radical (unpaired) electrons. The minimum atomic E-state index is -3.53. The Bertz CT molecular complexity index is 597. The van der Waals surface area contributed by atoms with Gasteiger partial charge in [0.15, 0.2) is 5.03 Å². The Hall–Kier alpha value is -0.920. The molecule has 1 fully saturated rings. The van der Waals surface area contributed by atoms with Gasteiger partial charge in [0.05, 0.1) is 0 Å². The quantitative estimate of drug-likeness (QED) is 0.869. The van der Waals surface area contributed by atoms with Crippen molar-refractivity contribution in [1.29, 1.82) is 0 Å². The lowest BCUT2D eigenvalue weighted by atomic mass is 9.81. The van der Waals surface area contributed by atoms with E-state index in [1.165, 1.54) is 0 Å². The Morgan fingerprint density at radius 1 is 1.43 bits per heavy atom. The summed E-state index contributed by atoms with van der Waals surface area (Å²) in [6.07, 6.45) is 5.54. The summed E-state index contributed by atoms with van der Waals surface area (Å²) in [5.41, 5.74) is -0.0926. The van der Waals surface area contributed by atoms with Gasteiger partial charge in [0, 0.05) is 31.7 Å². The zero-order valence-corrected chi connectivity index (χ0v) is 13.5. The van der Waals surface area contributed by atoms with Gasteiger partial charge in [0.2, 0.25) is 0 Å². The lowest BCUT2D eigenvalue weighted by Crippen LogP contribution is -2.54. The van der Waals surface area contributed by atoms with Crippen LogP contribution in [-0.2, 0) is 23.0 Å². The highest BCUT2D eigenvalue weighted by Gasteiger charge is 2.36. The number of fused-ring (bicyclic) bond motifs is 1. The highest BCUT2D eigenvalue weighted by Crippen LogP contribution is 2.27. The number of hydrogen-bond acceptors (Lipinski definition) is 4. The summed E-state index contributed by atoms with van der Waals surface area (Å²) in [6, 6.07) is -0.0533. The molecule has 0 bridgehead atoms. The van der Waals surface area contributed by atoms with Crippen molar-refractivity contribution in [2.45, 2.75) is 57.1 Å². The fraction of sp³-hybridized carbons (Fsp3) is 0.786. The van der Waals surface area contributed by atoms with Gasteiger partial charge in [-0.1, -0.05) is 13.8 Å². The van der Waals surface area contributed by atoms with E-state index in [1.54, 1.807) is 6.20 Å². The van der Waals surface area contributed by atoms with E-state index in [0.29, 0.717) is 0 Å². The number of imidazole rings is 1. The normalized spacial score (nSPS) is 25.5. The molecule has 0 aliphatic carbocycles. The van der Waals surface area contributed by atoms with Crippen LogP contribution in [0.25, 0.3) is 0 Å². The first-order chi connectivity index (χ1) is 9.88. The molecular formula is C14H24N4O2S. The maximum Gasteiger partial charge on any atom is 0.259 e. The van der Waals surface area contributed by atoms with Crippen LogP contribution in [0.15, 0.2) is 11.2 Å². The van der Waals surface area contributed by atoms with Gasteiger partial charge < -0.3 is 9.88 Å². The van der Waals surface area contributed by atoms with Crippen LogP contribution >= 0.6 is 0 Å². The maximum atomic E-state index is 12.6. The van der Waals surface area contributed by atoms with E-state index in [-0.39, 0.29) is 16.5 Å². The zero-order valence-electron chi connectivity index (χ0n) is 12.7. The molecule has 1 atom stereocenters. The number of rotatable bonds is 3. The van der Waals surface area contributed by atoms with Gasteiger partial charge >= 0.3 is 0 Å². The second-order valence-corrected chi connectivity index (χ2v) is 8.43. The number of hydrogen-bond donors (Lipinski definition) is 2. The SMILES string of the molecule is CC1(C)CNCCC1NS(=O)(=O)c1cn2c(n1)CCCC2. The summed E-state index contributed by atoms with van der Waals surface area (Å²) >= 11 is 0. The molecule has 7 heteroatoms. The molecule has 1 aromatic heterocycles. The Balaban J connectivity index is 1.82. The van der Waals surface area contributed by atoms with Gasteiger partial charge in [0.1, 0.15) is 5.82 Å². The van der Waals surface area contributed by atoms with Gasteiger partial charge in [-0.25, -0.2) is 18.1 Å². The average Bonchev–Trinajstić information content (AvgIpc) is 2.86. The topological polar surface area (TPSA) is 76.0 Å². The second kappa shape index (κ2) is 5.37. The fourth-order valence-electron chi connectivity index (χ4n) is 3.15. The number of aryl methyl sites for hydroxylation is 2. The van der Waals surface area contributed by atoms with Gasteiger partial charge in [-0.15, -0.1) is 0 Å². The van der Waals surface area contributed by atoms with Gasteiger partial charge in [-0.05, 0) is 31.2 Å². The summed E-state index contributed by atoms with van der Waals surface area (Å²) in [6.45, 7) is 6.71. The van der Waals surface area contributed by atoms with E-state index in [0.717, 1.165) is 51.1 Å². The molecular weight excluding hydrogens is 288 g/mol. The summed E-state index contributed by atoms with van der Waals surface area (Å²) in [7, 11) is -3.53. The molecule has 6 nitrogen and oxygen atoms in total. The molecule has 2 aliphatic rings. The molecule has 0 aromatic carbocycles. The van der Waals surface area contributed by atoms with E-state index in [1.807, 2.05) is 4.57 Å². The van der Waals surface area contributed by atoms with Crippen LogP contribution in [0.2, 0.25) is 0 Å². The third-order valence-corrected chi connectivity index (χ3v) is 5.94. The lowest BCUT2D eigenvalue weighted by Gasteiger charge is -2.38. The van der Waals surface area contributed by atoms with E-state index in [4.69, 9.17) is 0 Å². The molecule has 1 saturated heterocycles. The molecule has 3 rings (SSSR count). The van der Waals surface area contributed by atoms with Crippen LogP contribution in [0, 0.1) is 5.41 Å². The summed E-state index contributed by atoms with van der Waals surface area (Å²) < 4.78 is 30.0. The third kappa shape index (κ3) is 3.00. The van der Waals surface area contributed by atoms with Crippen molar-refractivity contribution in [3.8, 4) is 0 Å². The lowest BCUT2D eigenvalue weighted by molar-refractivity contribution is 0.206. The van der Waals surface area contributed by atoms with Crippen molar-refractivity contribution in [3.63, 3.8) is 0 Å². The van der Waals surface area contributed by atoms with Crippen LogP contribution in [-0.4, -0.2) is 37.1 Å². The largest absolute Gasteiger partial charge is 0.333 e. The van der Waals surface area contributed by atoms with Crippen molar-refractivity contribution in [2.75, 3.05) is 13.1 Å². The molecule has 0 saturated carbocycles. The first-order valence-corrected chi connectivity index (χ1v) is 9.16. The van der Waals surface area contributed by atoms with Gasteiger partial charge in [-0.3, -0.25) is 0 Å². The minimum absolute atomic E-state index is 0.0533. The predicted molar refractivity (Wildman–Crippen MR) is 80.5 cm³/mol. The third-order valence-electron chi connectivity index (χ3n) is 4.59. The molecule has 2 N–H and O–H groups in total. The van der Waals surface area contributed by atoms with Crippen LogP contribution in [0.1, 0.15) is 38.9 Å². The Labute approximate surface area is 126 Å². The van der Waals surface area contributed by atoms with Crippen molar-refractivity contribution < 1.29 is 8.42 Å². The highest BCUT2D eigenvalue weighted by molar-refractivity contribution is 7.89. The summed E-state index contributed by atoms with van der Waals surface area (Å²) in [5, 5.41) is 3.49. The number of nitrogens with zero attached hydrogens (tertiary/aromatic N) is 2. The molecule has 21 heavy (non-hydrogen) atoms. The van der Waals surface area contributed by atoms with Crippen LogP contribution in [0.4, 0.5) is 0 Å². The first-order valence-electron chi connectivity index (χ1n) is 7.68. The minimum Gasteiger partial charge on any atom is -0.333 e.